The van der Waals surface area contributed by atoms with Gasteiger partial charge in [-0.05, 0) is 61.0 Å². The number of carbonyl (C=O) groups is 1. The maximum atomic E-state index is 12.7. The minimum Gasteiger partial charge on any atom is -0.439 e. The highest BCUT2D eigenvalue weighted by molar-refractivity contribution is 6.06. The first-order chi connectivity index (χ1) is 16.0. The molecule has 0 spiro atoms. The Balaban J connectivity index is 1.30. The van der Waals surface area contributed by atoms with Gasteiger partial charge in [-0.25, -0.2) is 9.97 Å². The van der Waals surface area contributed by atoms with E-state index in [-0.39, 0.29) is 5.91 Å². The minimum atomic E-state index is -0.166. The highest BCUT2D eigenvalue weighted by Gasteiger charge is 2.10. The molecule has 1 N–H and O–H groups in total. The Kier molecular flexibility index (Phi) is 5.28. The van der Waals surface area contributed by atoms with Crippen molar-refractivity contribution in [2.75, 3.05) is 5.32 Å². The molecule has 5 rings (SSSR count). The Labute approximate surface area is 190 Å². The maximum Gasteiger partial charge on any atom is 0.255 e. The monoisotopic (exact) mass is 435 g/mol. The van der Waals surface area contributed by atoms with Gasteiger partial charge in [0.05, 0.1) is 0 Å². The Morgan fingerprint density at radius 2 is 1.70 bits per heavy atom. The zero-order valence-corrected chi connectivity index (χ0v) is 18.2. The molecule has 162 valence electrons. The van der Waals surface area contributed by atoms with Gasteiger partial charge in [-0.2, -0.15) is 4.98 Å². The van der Waals surface area contributed by atoms with E-state index in [2.05, 4.69) is 20.3 Å². The summed E-state index contributed by atoms with van der Waals surface area (Å²) in [6.07, 6.45) is 3.56. The van der Waals surface area contributed by atoms with Gasteiger partial charge >= 0.3 is 0 Å². The average Bonchev–Trinajstić information content (AvgIpc) is 3.25. The second-order valence-corrected chi connectivity index (χ2v) is 7.60. The number of amides is 1. The molecule has 2 aromatic heterocycles. The number of imidazole rings is 1. The predicted octanol–water partition coefficient (Wildman–Crippen LogP) is 5.48. The third-order valence-electron chi connectivity index (χ3n) is 5.22. The van der Waals surface area contributed by atoms with Crippen molar-refractivity contribution in [3.8, 4) is 17.4 Å². The minimum absolute atomic E-state index is 0.166. The number of hydrogen-bond acceptors (Lipinski definition) is 5. The first-order valence-electron chi connectivity index (χ1n) is 10.5. The largest absolute Gasteiger partial charge is 0.439 e. The lowest BCUT2D eigenvalue weighted by Gasteiger charge is -2.10. The average molecular weight is 435 g/mol. The lowest BCUT2D eigenvalue weighted by Crippen LogP contribution is -2.11. The molecule has 7 heteroatoms. The van der Waals surface area contributed by atoms with Gasteiger partial charge < -0.3 is 10.1 Å². The number of hydrogen-bond donors (Lipinski definition) is 1. The van der Waals surface area contributed by atoms with Crippen LogP contribution in [0.3, 0.4) is 0 Å². The highest BCUT2D eigenvalue weighted by atomic mass is 16.5. The van der Waals surface area contributed by atoms with Crippen LogP contribution >= 0.6 is 0 Å². The number of aromatic nitrogens is 4. The van der Waals surface area contributed by atoms with Crippen LogP contribution in [0.5, 0.6) is 11.6 Å². The molecule has 0 unspecified atom stereocenters. The molecule has 0 aliphatic heterocycles. The van der Waals surface area contributed by atoms with Crippen LogP contribution in [0, 0.1) is 13.8 Å². The molecule has 0 bridgehead atoms. The van der Waals surface area contributed by atoms with E-state index in [1.807, 2.05) is 67.1 Å². The Morgan fingerprint density at radius 1 is 0.909 bits per heavy atom. The smallest absolute Gasteiger partial charge is 0.255 e. The fraction of sp³-hybridized carbons (Fsp3) is 0.0769. The molecule has 0 aliphatic rings. The normalized spacial score (nSPS) is 10.8. The number of anilines is 1. The molecule has 0 radical (unpaired) electrons. The molecule has 0 aliphatic carbocycles. The van der Waals surface area contributed by atoms with E-state index in [1.165, 1.54) is 0 Å². The van der Waals surface area contributed by atoms with Crippen molar-refractivity contribution in [1.29, 1.82) is 0 Å². The van der Waals surface area contributed by atoms with Crippen LogP contribution in [-0.4, -0.2) is 25.4 Å². The van der Waals surface area contributed by atoms with E-state index < -0.39 is 0 Å². The van der Waals surface area contributed by atoms with Gasteiger partial charge in [-0.3, -0.25) is 9.36 Å². The number of rotatable bonds is 5. The summed E-state index contributed by atoms with van der Waals surface area (Å²) in [5, 5.41) is 5.05. The first kappa shape index (κ1) is 20.4. The molecule has 7 nitrogen and oxygen atoms in total. The van der Waals surface area contributed by atoms with Crippen LogP contribution < -0.4 is 10.1 Å². The molecule has 5 aromatic rings. The molecule has 0 saturated heterocycles. The fourth-order valence-electron chi connectivity index (χ4n) is 3.58. The van der Waals surface area contributed by atoms with Crippen molar-refractivity contribution in [1.82, 2.24) is 19.5 Å². The molecule has 2 heterocycles. The second kappa shape index (κ2) is 8.55. The van der Waals surface area contributed by atoms with E-state index in [0.29, 0.717) is 34.5 Å². The number of benzene rings is 3. The third-order valence-corrected chi connectivity index (χ3v) is 5.22. The van der Waals surface area contributed by atoms with Crippen molar-refractivity contribution in [2.45, 2.75) is 13.8 Å². The van der Waals surface area contributed by atoms with Crippen LogP contribution in [0.4, 0.5) is 5.69 Å². The van der Waals surface area contributed by atoms with Gasteiger partial charge in [0.2, 0.25) is 5.88 Å². The summed E-state index contributed by atoms with van der Waals surface area (Å²) < 4.78 is 7.80. The van der Waals surface area contributed by atoms with Crippen molar-refractivity contribution in [3.63, 3.8) is 0 Å². The number of fused-ring (bicyclic) bond motifs is 1. The Morgan fingerprint density at radius 3 is 2.45 bits per heavy atom. The van der Waals surface area contributed by atoms with Gasteiger partial charge in [0.1, 0.15) is 23.2 Å². The lowest BCUT2D eigenvalue weighted by molar-refractivity contribution is 0.102. The number of ether oxygens (including phenoxy) is 1. The molecule has 0 saturated carbocycles. The van der Waals surface area contributed by atoms with Crippen LogP contribution in [0.25, 0.3) is 16.6 Å². The van der Waals surface area contributed by atoms with E-state index >= 15 is 0 Å². The van der Waals surface area contributed by atoms with Crippen LogP contribution in [0.15, 0.2) is 85.2 Å². The van der Waals surface area contributed by atoms with Crippen LogP contribution in [0.2, 0.25) is 0 Å². The number of aryl methyl sites for hydroxylation is 2. The van der Waals surface area contributed by atoms with Gasteiger partial charge in [-0.1, -0.05) is 30.3 Å². The van der Waals surface area contributed by atoms with Gasteiger partial charge in [0, 0.05) is 29.7 Å². The number of nitrogens with zero attached hydrogens (tertiary/aromatic N) is 4. The van der Waals surface area contributed by atoms with Crippen LogP contribution in [-0.2, 0) is 0 Å². The number of nitrogens with one attached hydrogen (secondary N) is 1. The quantitative estimate of drug-likeness (QED) is 0.395. The SMILES string of the molecule is Cc1nc(Oc2ccc(NC(=O)c3ccc4ccccc4c3)cc2)cc(-n2ccnc2C)n1. The summed E-state index contributed by atoms with van der Waals surface area (Å²) >= 11 is 0. The Hall–Kier alpha value is -4.52. The zero-order valence-electron chi connectivity index (χ0n) is 18.2. The summed E-state index contributed by atoms with van der Waals surface area (Å²) in [6.45, 7) is 3.72. The summed E-state index contributed by atoms with van der Waals surface area (Å²) in [5.41, 5.74) is 1.28. The van der Waals surface area contributed by atoms with E-state index in [0.717, 1.165) is 16.6 Å². The lowest BCUT2D eigenvalue weighted by atomic mass is 10.1. The van der Waals surface area contributed by atoms with Crippen molar-refractivity contribution < 1.29 is 9.53 Å². The van der Waals surface area contributed by atoms with E-state index in [9.17, 15) is 4.79 Å². The van der Waals surface area contributed by atoms with Gasteiger partial charge in [-0.15, -0.1) is 0 Å². The molecular formula is C26H21N5O2. The summed E-state index contributed by atoms with van der Waals surface area (Å²) in [7, 11) is 0. The predicted molar refractivity (Wildman–Crippen MR) is 127 cm³/mol. The second-order valence-electron chi connectivity index (χ2n) is 7.60. The number of carbonyl (C=O) groups excluding carboxylic acids is 1. The zero-order chi connectivity index (χ0) is 22.8. The van der Waals surface area contributed by atoms with Crippen molar-refractivity contribution in [3.05, 3.63) is 102 Å². The first-order valence-corrected chi connectivity index (χ1v) is 10.5. The van der Waals surface area contributed by atoms with Gasteiger partial charge in [0.25, 0.3) is 5.91 Å². The molecule has 0 fully saturated rings. The summed E-state index contributed by atoms with van der Waals surface area (Å²) in [6, 6.07) is 22.5. The van der Waals surface area contributed by atoms with E-state index in [4.69, 9.17) is 4.74 Å². The van der Waals surface area contributed by atoms with Gasteiger partial charge in [0.15, 0.2) is 0 Å². The standard InChI is InChI=1S/C26H21N5O2/c1-17-28-24(31-14-13-27-18(31)2)16-25(29-17)33-23-11-9-22(10-12-23)30-26(32)21-8-7-19-5-3-4-6-20(19)15-21/h3-16H,1-2H3,(H,30,32). The summed E-state index contributed by atoms with van der Waals surface area (Å²) in [5.74, 6) is 2.97. The molecule has 33 heavy (non-hydrogen) atoms. The topological polar surface area (TPSA) is 81.9 Å². The van der Waals surface area contributed by atoms with E-state index in [1.54, 1.807) is 36.5 Å². The fourth-order valence-corrected chi connectivity index (χ4v) is 3.58. The molecule has 1 amide bonds. The molecule has 0 atom stereocenters. The van der Waals surface area contributed by atoms with Crippen molar-refractivity contribution >= 4 is 22.4 Å². The highest BCUT2D eigenvalue weighted by Crippen LogP contribution is 2.24. The summed E-state index contributed by atoms with van der Waals surface area (Å²) in [4.78, 5) is 25.7. The Bertz CT molecular complexity index is 1460. The maximum absolute atomic E-state index is 12.7. The van der Waals surface area contributed by atoms with Crippen LogP contribution in [0.1, 0.15) is 22.0 Å². The molecule has 3 aromatic carbocycles. The van der Waals surface area contributed by atoms with Crippen molar-refractivity contribution in [2.24, 2.45) is 0 Å². The third kappa shape index (κ3) is 4.43. The molecular weight excluding hydrogens is 414 g/mol.